The van der Waals surface area contributed by atoms with Gasteiger partial charge in [0, 0.05) is 82.0 Å². The molecule has 28 rings (SSSR count). The van der Waals surface area contributed by atoms with Gasteiger partial charge in [-0.1, -0.05) is 273 Å². The molecule has 18 aromatic rings. The van der Waals surface area contributed by atoms with Crippen molar-refractivity contribution in [3.8, 4) is 89.0 Å². The summed E-state index contributed by atoms with van der Waals surface area (Å²) < 4.78 is 9.00. The summed E-state index contributed by atoms with van der Waals surface area (Å²) in [6.45, 7) is 0. The van der Waals surface area contributed by atoms with Crippen molar-refractivity contribution >= 4 is 87.6 Å². The molecule has 10 aliphatic rings. The summed E-state index contributed by atoms with van der Waals surface area (Å²) in [4.78, 5) is 4.72. The molecule has 3 nitrogen and oxygen atoms in total. The van der Waals surface area contributed by atoms with E-state index in [-0.39, 0.29) is 10.8 Å². The second kappa shape index (κ2) is 27.9. The van der Waals surface area contributed by atoms with Gasteiger partial charge in [-0.05, 0) is 320 Å². The molecule has 0 saturated heterocycles. The molecule has 0 amide bonds. The highest BCUT2D eigenvalue weighted by molar-refractivity contribution is 7.25. The van der Waals surface area contributed by atoms with Gasteiger partial charge < -0.3 is 14.2 Å². The largest absolute Gasteiger partial charge is 0.456 e. The SMILES string of the molecule is c1ccc(-c2ccc(N(c3ccc(-c4ccc(-c5ccc6c(c5)-c5ccccc5C65C6CC7CC(C6)CC5C7)cc4)cc3)c3ccc4c(c3)oc3ccccc34)cc2)cc1.c1ccc(-c2ccc(N(c3ccc(-c4ccc(-c5ccc6c(c5)-c5ccccc5C65C6CC7CC(C6)CC5C7)cc4)cc3)c3ccc4c(c3)sc3ccccc34)cc2)cc1. The van der Waals surface area contributed by atoms with E-state index in [2.05, 4.69) is 374 Å². The Bertz CT molecular complexity index is 6540. The van der Waals surface area contributed by atoms with Gasteiger partial charge in [0.05, 0.1) is 0 Å². The minimum Gasteiger partial charge on any atom is -0.456 e. The molecule has 0 N–H and O–H groups in total. The molecule has 0 atom stereocenters. The van der Waals surface area contributed by atoms with E-state index in [0.29, 0.717) is 0 Å². The van der Waals surface area contributed by atoms with E-state index in [1.807, 2.05) is 23.5 Å². The van der Waals surface area contributed by atoms with Crippen LogP contribution < -0.4 is 9.80 Å². The van der Waals surface area contributed by atoms with Crippen LogP contribution in [0, 0.1) is 47.3 Å². The van der Waals surface area contributed by atoms with Crippen molar-refractivity contribution in [1.82, 2.24) is 0 Å². The maximum atomic E-state index is 6.37. The number of hydrogen-bond acceptors (Lipinski definition) is 4. The molecule has 0 unspecified atom stereocenters. The third-order valence-electron chi connectivity index (χ3n) is 30.2. The number of anilines is 6. The molecule has 120 heavy (non-hydrogen) atoms. The van der Waals surface area contributed by atoms with Crippen LogP contribution in [0.1, 0.15) is 86.5 Å². The molecule has 0 radical (unpaired) electrons. The van der Waals surface area contributed by atoms with Gasteiger partial charge in [-0.15, -0.1) is 11.3 Å². The highest BCUT2D eigenvalue weighted by Crippen LogP contribution is 2.71. The lowest BCUT2D eigenvalue weighted by Gasteiger charge is -2.61. The molecule has 0 aliphatic heterocycles. The van der Waals surface area contributed by atoms with Gasteiger partial charge in [-0.25, -0.2) is 0 Å². The van der Waals surface area contributed by atoms with E-state index >= 15 is 0 Å². The molecule has 2 spiro atoms. The van der Waals surface area contributed by atoms with Crippen molar-refractivity contribution in [2.45, 2.75) is 75.0 Å². The first-order chi connectivity index (χ1) is 59.3. The lowest BCUT2D eigenvalue weighted by atomic mass is 9.43. The lowest BCUT2D eigenvalue weighted by molar-refractivity contribution is -0.0399. The summed E-state index contributed by atoms with van der Waals surface area (Å²) in [5, 5.41) is 4.91. The monoisotopic (exact) mass is 1560 g/mol. The quantitative estimate of drug-likeness (QED) is 0.122. The fourth-order valence-electron chi connectivity index (χ4n) is 25.5. The van der Waals surface area contributed by atoms with Crippen molar-refractivity contribution < 1.29 is 4.42 Å². The van der Waals surface area contributed by atoms with Crippen LogP contribution in [0.2, 0.25) is 0 Å². The van der Waals surface area contributed by atoms with Gasteiger partial charge in [0.1, 0.15) is 11.2 Å². The predicted octanol–water partition coefficient (Wildman–Crippen LogP) is 32.0. The van der Waals surface area contributed by atoms with Crippen LogP contribution >= 0.6 is 11.3 Å². The number of benzene rings is 16. The van der Waals surface area contributed by atoms with E-state index in [1.165, 1.54) is 173 Å². The zero-order valence-electron chi connectivity index (χ0n) is 67.2. The Hall–Kier alpha value is -12.9. The van der Waals surface area contributed by atoms with Crippen LogP contribution in [0.3, 0.4) is 0 Å². The zero-order chi connectivity index (χ0) is 78.7. The number of nitrogens with zero attached hydrogens (tertiary/aromatic N) is 2. The van der Waals surface area contributed by atoms with E-state index in [1.54, 1.807) is 22.3 Å². The van der Waals surface area contributed by atoms with Gasteiger partial charge in [-0.2, -0.15) is 0 Å². The van der Waals surface area contributed by atoms with Gasteiger partial charge in [0.2, 0.25) is 0 Å². The van der Waals surface area contributed by atoms with Gasteiger partial charge in [-0.3, -0.25) is 0 Å². The number of furan rings is 1. The van der Waals surface area contributed by atoms with Crippen LogP contribution in [0.25, 0.3) is 131 Å². The third kappa shape index (κ3) is 11.2. The standard InChI is InChI=1S/C58H45NO.C58H45NS/c2*1-2-8-39(9-3-1)41-18-23-47(24-19-41)59(49-27-28-52-51-11-5-7-13-56(51)60-57(52)36-49)48-25-20-42(21-26-48)40-14-16-43(17-15-40)44-22-29-55-53(35-44)50-10-4-6-12-54(50)58(55)45-31-37-30-38(33-45)34-46(58)32-37/h2*1-29,35-38,45-46H,30-34H2. The Labute approximate surface area is 706 Å². The van der Waals surface area contributed by atoms with Crippen molar-refractivity contribution in [2.24, 2.45) is 47.3 Å². The van der Waals surface area contributed by atoms with Crippen molar-refractivity contribution in [3.05, 3.63) is 398 Å². The molecule has 2 aromatic heterocycles. The van der Waals surface area contributed by atoms with Crippen LogP contribution in [0.15, 0.2) is 381 Å². The lowest BCUT2D eigenvalue weighted by Crippen LogP contribution is -2.55. The Morgan fingerprint density at radius 1 is 0.208 bits per heavy atom. The molecule has 8 saturated carbocycles. The second-order valence-corrected chi connectivity index (χ2v) is 37.3. The molecule has 16 aromatic carbocycles. The molecule has 4 heteroatoms. The minimum atomic E-state index is 0.218. The summed E-state index contributed by atoms with van der Waals surface area (Å²) in [5.74, 6) is 7.01. The summed E-state index contributed by atoms with van der Waals surface area (Å²) in [7, 11) is 0. The summed E-state index contributed by atoms with van der Waals surface area (Å²) in [6, 6.07) is 140. The second-order valence-electron chi connectivity index (χ2n) is 36.3. The first kappa shape index (κ1) is 70.2. The van der Waals surface area contributed by atoms with Crippen LogP contribution in [0.4, 0.5) is 34.1 Å². The van der Waals surface area contributed by atoms with Crippen LogP contribution in [0.5, 0.6) is 0 Å². The average Bonchev–Trinajstić information content (AvgIpc) is 1.52. The van der Waals surface area contributed by atoms with Gasteiger partial charge in [0.15, 0.2) is 0 Å². The van der Waals surface area contributed by atoms with Gasteiger partial charge in [0.25, 0.3) is 0 Å². The minimum absolute atomic E-state index is 0.218. The van der Waals surface area contributed by atoms with Gasteiger partial charge >= 0.3 is 0 Å². The van der Waals surface area contributed by atoms with E-state index < -0.39 is 0 Å². The highest BCUT2D eigenvalue weighted by atomic mass is 32.1. The fourth-order valence-corrected chi connectivity index (χ4v) is 26.6. The van der Waals surface area contributed by atoms with E-state index in [4.69, 9.17) is 4.42 Å². The Morgan fingerprint density at radius 2 is 0.508 bits per heavy atom. The molecular formula is C116H90N2OS. The van der Waals surface area contributed by atoms with Crippen molar-refractivity contribution in [3.63, 3.8) is 0 Å². The van der Waals surface area contributed by atoms with Crippen LogP contribution in [-0.4, -0.2) is 0 Å². The fraction of sp³-hybridized carbons (Fsp3) is 0.172. The number of para-hydroxylation sites is 1. The molecule has 10 aliphatic carbocycles. The van der Waals surface area contributed by atoms with Crippen LogP contribution in [-0.2, 0) is 10.8 Å². The van der Waals surface area contributed by atoms with E-state index in [9.17, 15) is 0 Å². The summed E-state index contributed by atoms with van der Waals surface area (Å²) in [6.07, 6.45) is 14.4. The molecule has 576 valence electrons. The maximum Gasteiger partial charge on any atom is 0.137 e. The molecule has 2 heterocycles. The Balaban J connectivity index is 0.000000133. The zero-order valence-corrected chi connectivity index (χ0v) is 68.0. The van der Waals surface area contributed by atoms with Crippen molar-refractivity contribution in [1.29, 1.82) is 0 Å². The highest BCUT2D eigenvalue weighted by Gasteiger charge is 2.63. The smallest absolute Gasteiger partial charge is 0.137 e. The Kier molecular flexibility index (Phi) is 16.3. The number of hydrogen-bond donors (Lipinski definition) is 0. The molecule has 8 bridgehead atoms. The normalized spacial score (nSPS) is 22.1. The number of rotatable bonds is 12. The number of fused-ring (bicyclic) bond motifs is 12. The first-order valence-electron chi connectivity index (χ1n) is 44.0. The van der Waals surface area contributed by atoms with E-state index in [0.717, 1.165) is 103 Å². The summed E-state index contributed by atoms with van der Waals surface area (Å²) in [5.41, 5.74) is 36.2. The average molecular weight is 1560 g/mol. The summed E-state index contributed by atoms with van der Waals surface area (Å²) >= 11 is 1.87. The Morgan fingerprint density at radius 3 is 0.942 bits per heavy atom. The topological polar surface area (TPSA) is 19.6 Å². The first-order valence-corrected chi connectivity index (χ1v) is 44.8. The predicted molar refractivity (Wildman–Crippen MR) is 502 cm³/mol. The third-order valence-corrected chi connectivity index (χ3v) is 31.3. The number of thiophene rings is 1. The maximum absolute atomic E-state index is 6.37. The molecular weight excluding hydrogens is 1470 g/mol. The van der Waals surface area contributed by atoms with Crippen molar-refractivity contribution in [2.75, 3.05) is 9.80 Å². The molecule has 8 fully saturated rings.